The number of rotatable bonds is 2. The van der Waals surface area contributed by atoms with Crippen LogP contribution in [0.5, 0.6) is 0 Å². The Morgan fingerprint density at radius 2 is 1.85 bits per heavy atom. The van der Waals surface area contributed by atoms with E-state index >= 15 is 0 Å². The number of aryl methyl sites for hydroxylation is 1. The summed E-state index contributed by atoms with van der Waals surface area (Å²) in [5, 5.41) is 11.5. The van der Waals surface area contributed by atoms with Crippen LogP contribution in [-0.2, 0) is 0 Å². The van der Waals surface area contributed by atoms with Crippen molar-refractivity contribution < 1.29 is 5.11 Å². The lowest BCUT2D eigenvalue weighted by Gasteiger charge is -2.13. The Hall–Kier alpha value is -1.71. The SMILES string of the molecule is Cc1ccc(C(O)c2cnc3ccccc3c2)cc1Br. The van der Waals surface area contributed by atoms with Gasteiger partial charge in [-0.1, -0.05) is 46.3 Å². The molecule has 3 heteroatoms. The molecule has 1 unspecified atom stereocenters. The minimum absolute atomic E-state index is 0.663. The highest BCUT2D eigenvalue weighted by Gasteiger charge is 2.12. The van der Waals surface area contributed by atoms with Gasteiger partial charge in [-0.25, -0.2) is 0 Å². The molecule has 0 saturated carbocycles. The molecule has 1 N–H and O–H groups in total. The number of pyridine rings is 1. The van der Waals surface area contributed by atoms with Crippen LogP contribution in [-0.4, -0.2) is 10.1 Å². The van der Waals surface area contributed by atoms with Crippen LogP contribution in [0, 0.1) is 6.92 Å². The molecule has 0 amide bonds. The van der Waals surface area contributed by atoms with E-state index in [9.17, 15) is 5.11 Å². The first-order chi connectivity index (χ1) is 9.65. The van der Waals surface area contributed by atoms with Gasteiger partial charge in [-0.05, 0) is 36.2 Å². The molecule has 0 radical (unpaired) electrons. The van der Waals surface area contributed by atoms with Gasteiger partial charge in [-0.15, -0.1) is 0 Å². The minimum Gasteiger partial charge on any atom is -0.384 e. The first kappa shape index (κ1) is 13.3. The van der Waals surface area contributed by atoms with Gasteiger partial charge in [0.15, 0.2) is 0 Å². The Balaban J connectivity index is 2.02. The second-order valence-electron chi connectivity index (χ2n) is 4.87. The van der Waals surface area contributed by atoms with Gasteiger partial charge >= 0.3 is 0 Å². The third kappa shape index (κ3) is 2.47. The number of nitrogens with zero attached hydrogens (tertiary/aromatic N) is 1. The lowest BCUT2D eigenvalue weighted by molar-refractivity contribution is 0.220. The smallest absolute Gasteiger partial charge is 0.106 e. The third-order valence-corrected chi connectivity index (χ3v) is 4.29. The highest BCUT2D eigenvalue weighted by atomic mass is 79.9. The first-order valence-electron chi connectivity index (χ1n) is 6.44. The second-order valence-corrected chi connectivity index (χ2v) is 5.73. The van der Waals surface area contributed by atoms with Gasteiger partial charge in [0.1, 0.15) is 6.10 Å². The lowest BCUT2D eigenvalue weighted by atomic mass is 10.0. The quantitative estimate of drug-likeness (QED) is 0.757. The molecule has 0 aliphatic heterocycles. The standard InChI is InChI=1S/C17H14BrNO/c1-11-6-7-13(9-15(11)18)17(20)14-8-12-4-2-3-5-16(12)19-10-14/h2-10,17,20H,1H3. The average Bonchev–Trinajstić information content (AvgIpc) is 2.49. The predicted octanol–water partition coefficient (Wildman–Crippen LogP) is 4.39. The zero-order valence-corrected chi connectivity index (χ0v) is 12.6. The molecule has 0 fully saturated rings. The molecule has 1 atom stereocenters. The van der Waals surface area contributed by atoms with Crippen molar-refractivity contribution in [1.29, 1.82) is 0 Å². The Labute approximate surface area is 126 Å². The van der Waals surface area contributed by atoms with E-state index in [0.717, 1.165) is 32.1 Å². The summed E-state index contributed by atoms with van der Waals surface area (Å²) >= 11 is 3.50. The van der Waals surface area contributed by atoms with E-state index in [0.29, 0.717) is 0 Å². The highest BCUT2D eigenvalue weighted by molar-refractivity contribution is 9.10. The van der Waals surface area contributed by atoms with E-state index in [1.54, 1.807) is 6.20 Å². The fraction of sp³-hybridized carbons (Fsp3) is 0.118. The summed E-state index contributed by atoms with van der Waals surface area (Å²) in [7, 11) is 0. The van der Waals surface area contributed by atoms with Crippen molar-refractivity contribution in [3.8, 4) is 0 Å². The zero-order valence-electron chi connectivity index (χ0n) is 11.0. The van der Waals surface area contributed by atoms with Gasteiger partial charge in [0.25, 0.3) is 0 Å². The van der Waals surface area contributed by atoms with Crippen LogP contribution >= 0.6 is 15.9 Å². The van der Waals surface area contributed by atoms with Gasteiger partial charge in [-0.3, -0.25) is 4.98 Å². The summed E-state index contributed by atoms with van der Waals surface area (Å²) in [4.78, 5) is 4.40. The summed E-state index contributed by atoms with van der Waals surface area (Å²) in [6, 6.07) is 15.8. The number of aromatic nitrogens is 1. The monoisotopic (exact) mass is 327 g/mol. The summed E-state index contributed by atoms with van der Waals surface area (Å²) < 4.78 is 1.00. The van der Waals surface area contributed by atoms with Crippen LogP contribution in [0.3, 0.4) is 0 Å². The Morgan fingerprint density at radius 3 is 2.65 bits per heavy atom. The molecule has 0 aliphatic rings. The summed E-state index contributed by atoms with van der Waals surface area (Å²) in [6.45, 7) is 2.03. The number of aliphatic hydroxyl groups is 1. The van der Waals surface area contributed by atoms with E-state index in [1.165, 1.54) is 0 Å². The third-order valence-electron chi connectivity index (χ3n) is 3.44. The van der Waals surface area contributed by atoms with Gasteiger partial charge in [0, 0.05) is 21.6 Å². The van der Waals surface area contributed by atoms with Gasteiger partial charge < -0.3 is 5.11 Å². The summed E-state index contributed by atoms with van der Waals surface area (Å²) in [5.41, 5.74) is 3.75. The first-order valence-corrected chi connectivity index (χ1v) is 7.23. The Bertz CT molecular complexity index is 770. The second kappa shape index (κ2) is 5.35. The number of aliphatic hydroxyl groups excluding tert-OH is 1. The van der Waals surface area contributed by atoms with E-state index < -0.39 is 6.10 Å². The van der Waals surface area contributed by atoms with Crippen LogP contribution in [0.4, 0.5) is 0 Å². The number of para-hydroxylation sites is 1. The number of benzene rings is 2. The normalized spacial score (nSPS) is 12.6. The lowest BCUT2D eigenvalue weighted by Crippen LogP contribution is -2.00. The van der Waals surface area contributed by atoms with E-state index in [-0.39, 0.29) is 0 Å². The van der Waals surface area contributed by atoms with Crippen molar-refractivity contribution >= 4 is 26.8 Å². The van der Waals surface area contributed by atoms with E-state index in [2.05, 4.69) is 20.9 Å². The maximum Gasteiger partial charge on any atom is 0.106 e. The number of hydrogen-bond acceptors (Lipinski definition) is 2. The number of halogens is 1. The molecule has 0 aliphatic carbocycles. The molecular weight excluding hydrogens is 314 g/mol. The molecule has 0 saturated heterocycles. The Kier molecular flexibility index (Phi) is 3.55. The zero-order chi connectivity index (χ0) is 14.1. The highest BCUT2D eigenvalue weighted by Crippen LogP contribution is 2.27. The van der Waals surface area contributed by atoms with Crippen LogP contribution in [0.15, 0.2) is 59.2 Å². The van der Waals surface area contributed by atoms with Crippen molar-refractivity contribution in [3.05, 3.63) is 75.9 Å². The number of fused-ring (bicyclic) bond motifs is 1. The molecule has 0 bridgehead atoms. The fourth-order valence-electron chi connectivity index (χ4n) is 2.21. The number of hydrogen-bond donors (Lipinski definition) is 1. The van der Waals surface area contributed by atoms with E-state index in [1.807, 2.05) is 55.5 Å². The van der Waals surface area contributed by atoms with Crippen LogP contribution in [0.25, 0.3) is 10.9 Å². The van der Waals surface area contributed by atoms with Crippen LogP contribution < -0.4 is 0 Å². The largest absolute Gasteiger partial charge is 0.384 e. The molecule has 2 aromatic carbocycles. The van der Waals surface area contributed by atoms with Crippen LogP contribution in [0.1, 0.15) is 22.8 Å². The van der Waals surface area contributed by atoms with Crippen molar-refractivity contribution in [2.24, 2.45) is 0 Å². The molecule has 2 nitrogen and oxygen atoms in total. The Morgan fingerprint density at radius 1 is 1.05 bits per heavy atom. The fourth-order valence-corrected chi connectivity index (χ4v) is 2.61. The molecule has 100 valence electrons. The van der Waals surface area contributed by atoms with Gasteiger partial charge in [0.2, 0.25) is 0 Å². The van der Waals surface area contributed by atoms with Crippen molar-refractivity contribution in [1.82, 2.24) is 4.98 Å². The van der Waals surface area contributed by atoms with Crippen LogP contribution in [0.2, 0.25) is 0 Å². The molecule has 3 rings (SSSR count). The molecule has 20 heavy (non-hydrogen) atoms. The molecule has 0 spiro atoms. The average molecular weight is 328 g/mol. The maximum absolute atomic E-state index is 10.5. The predicted molar refractivity (Wildman–Crippen MR) is 84.7 cm³/mol. The molecule has 1 heterocycles. The molecule has 3 aromatic rings. The molecule has 1 aromatic heterocycles. The maximum atomic E-state index is 10.5. The molecular formula is C17H14BrNO. The van der Waals surface area contributed by atoms with Crippen molar-refractivity contribution in [2.45, 2.75) is 13.0 Å². The summed E-state index contributed by atoms with van der Waals surface area (Å²) in [5.74, 6) is 0. The topological polar surface area (TPSA) is 33.1 Å². The van der Waals surface area contributed by atoms with Gasteiger partial charge in [0.05, 0.1) is 5.52 Å². The minimum atomic E-state index is -0.663. The summed E-state index contributed by atoms with van der Waals surface area (Å²) in [6.07, 6.45) is 1.07. The van der Waals surface area contributed by atoms with Crippen molar-refractivity contribution in [3.63, 3.8) is 0 Å². The van der Waals surface area contributed by atoms with Crippen molar-refractivity contribution in [2.75, 3.05) is 0 Å². The van der Waals surface area contributed by atoms with E-state index in [4.69, 9.17) is 0 Å². The van der Waals surface area contributed by atoms with Gasteiger partial charge in [-0.2, -0.15) is 0 Å².